The summed E-state index contributed by atoms with van der Waals surface area (Å²) in [7, 11) is -4.67. The van der Waals surface area contributed by atoms with Crippen molar-refractivity contribution in [2.75, 3.05) is 65.4 Å². The first kappa shape index (κ1) is 62.9. The Labute approximate surface area is 450 Å². The standard InChI is InChI=1S/C30H46N4O5.C25H38N4O3.H2O4S/c1-21(2)27(36)33-15-17-34(18-16-33)28(37)24-13-11-22(12-14-24)20-31-26(35)19-25(23-9-7-6-8-10-23)32-29(38)39-30(3,4)5;1-18(2)24(31)28-12-14-29(15-13-28)25(32)21-10-8-19(9-11-21)17-27-23(30)16-22(26)20-6-4-3-5-7-20;1-5(2,3)4/h6-10,21-22,24-25H,11-20H2,1-5H3,(H,31,35)(H,32,38);3-7,18-19,21-22H,8-17,26H2,1-2H3,(H,27,30);(H2,1,2,3,4). The fourth-order valence-corrected chi connectivity index (χ4v) is 10.0. The van der Waals surface area contributed by atoms with Crippen LogP contribution in [0.2, 0.25) is 0 Å². The predicted molar refractivity (Wildman–Crippen MR) is 288 cm³/mol. The summed E-state index contributed by atoms with van der Waals surface area (Å²) in [6, 6.07) is 18.3. The van der Waals surface area contributed by atoms with Gasteiger partial charge in [-0.1, -0.05) is 88.4 Å². The fraction of sp³-hybridized carbons (Fsp3) is 0.655. The van der Waals surface area contributed by atoms with Crippen LogP contribution in [0.3, 0.4) is 0 Å². The average molecular weight is 1080 g/mol. The molecule has 0 spiro atoms. The van der Waals surface area contributed by atoms with E-state index in [9.17, 15) is 33.6 Å². The highest BCUT2D eigenvalue weighted by atomic mass is 32.3. The number of amides is 7. The van der Waals surface area contributed by atoms with Gasteiger partial charge in [-0.15, -0.1) is 0 Å². The smallest absolute Gasteiger partial charge is 0.408 e. The van der Waals surface area contributed by atoms with Gasteiger partial charge < -0.3 is 46.0 Å². The van der Waals surface area contributed by atoms with Crippen LogP contribution >= 0.6 is 0 Å². The van der Waals surface area contributed by atoms with E-state index in [0.717, 1.165) is 62.5 Å². The molecule has 2 atom stereocenters. The van der Waals surface area contributed by atoms with Gasteiger partial charge in [-0.2, -0.15) is 8.42 Å². The van der Waals surface area contributed by atoms with Crippen molar-refractivity contribution in [2.45, 2.75) is 130 Å². The van der Waals surface area contributed by atoms with Crippen molar-refractivity contribution in [1.29, 1.82) is 0 Å². The van der Waals surface area contributed by atoms with Crippen LogP contribution in [0.15, 0.2) is 60.7 Å². The third-order valence-electron chi connectivity index (χ3n) is 14.3. The summed E-state index contributed by atoms with van der Waals surface area (Å²) in [5.41, 5.74) is 7.32. The number of nitrogens with one attached hydrogen (secondary N) is 3. The van der Waals surface area contributed by atoms with Crippen LogP contribution in [-0.2, 0) is 43.9 Å². The van der Waals surface area contributed by atoms with E-state index >= 15 is 0 Å². The van der Waals surface area contributed by atoms with Crippen LogP contribution in [0.5, 0.6) is 0 Å². The Bertz CT molecular complexity index is 2280. The molecular weight excluding hydrogens is 997 g/mol. The molecule has 0 bridgehead atoms. The highest BCUT2D eigenvalue weighted by molar-refractivity contribution is 7.79. The van der Waals surface area contributed by atoms with Crippen molar-refractivity contribution in [1.82, 2.24) is 35.6 Å². The zero-order valence-corrected chi connectivity index (χ0v) is 46.6. The van der Waals surface area contributed by atoms with Gasteiger partial charge in [-0.3, -0.25) is 37.9 Å². The number of hydrogen-bond acceptors (Lipinski definition) is 11. The monoisotopic (exact) mass is 1080 g/mol. The molecule has 4 aliphatic rings. The Hall–Kier alpha value is -5.64. The van der Waals surface area contributed by atoms with Crippen molar-refractivity contribution >= 4 is 51.9 Å². The van der Waals surface area contributed by atoms with Crippen LogP contribution in [0, 0.1) is 35.5 Å². The maximum absolute atomic E-state index is 13.1. The van der Waals surface area contributed by atoms with Gasteiger partial charge in [0.1, 0.15) is 5.60 Å². The topological polar surface area (TPSA) is 278 Å². The molecule has 0 aromatic heterocycles. The minimum Gasteiger partial charge on any atom is -0.444 e. The number of rotatable bonds is 15. The summed E-state index contributed by atoms with van der Waals surface area (Å²) in [5.74, 6) is 1.42. The summed E-state index contributed by atoms with van der Waals surface area (Å²) in [5, 5.41) is 8.91. The van der Waals surface area contributed by atoms with Gasteiger partial charge in [-0.25, -0.2) is 4.79 Å². The number of ether oxygens (including phenoxy) is 1. The van der Waals surface area contributed by atoms with Crippen LogP contribution in [0.25, 0.3) is 0 Å². The second kappa shape index (κ2) is 30.3. The Balaban J connectivity index is 0.000000306. The first-order chi connectivity index (χ1) is 35.8. The molecule has 2 saturated heterocycles. The first-order valence-corrected chi connectivity index (χ1v) is 28.4. The lowest BCUT2D eigenvalue weighted by Crippen LogP contribution is -2.53. The molecule has 0 radical (unpaired) electrons. The van der Waals surface area contributed by atoms with Crippen molar-refractivity contribution in [3.8, 4) is 0 Å². The summed E-state index contributed by atoms with van der Waals surface area (Å²) in [4.78, 5) is 95.5. The van der Waals surface area contributed by atoms with E-state index in [1.54, 1.807) is 20.8 Å². The van der Waals surface area contributed by atoms with E-state index in [-0.39, 0.29) is 78.0 Å². The number of carbonyl (C=O) groups is 7. The maximum atomic E-state index is 13.1. The molecule has 4 fully saturated rings. The highest BCUT2D eigenvalue weighted by Gasteiger charge is 2.34. The minimum absolute atomic E-state index is 0.00194. The summed E-state index contributed by atoms with van der Waals surface area (Å²) < 4.78 is 37.0. The van der Waals surface area contributed by atoms with E-state index in [1.807, 2.05) is 108 Å². The lowest BCUT2D eigenvalue weighted by atomic mass is 9.81. The molecule has 424 valence electrons. The largest absolute Gasteiger partial charge is 0.444 e. The van der Waals surface area contributed by atoms with Gasteiger partial charge in [0.15, 0.2) is 0 Å². The molecule has 6 rings (SSSR count). The van der Waals surface area contributed by atoms with Gasteiger partial charge in [0.2, 0.25) is 35.4 Å². The number of piperazine rings is 2. The number of carbonyl (C=O) groups excluding carboxylic acids is 7. The summed E-state index contributed by atoms with van der Waals surface area (Å²) >= 11 is 0. The Kier molecular flexibility index (Phi) is 25.1. The van der Waals surface area contributed by atoms with E-state index in [1.165, 1.54) is 0 Å². The maximum Gasteiger partial charge on any atom is 0.408 e. The summed E-state index contributed by atoms with van der Waals surface area (Å²) in [6.07, 6.45) is 6.89. The SMILES string of the molecule is CC(C)C(=O)N1CCN(C(=O)C2CCC(CNC(=O)CC(N)c3ccccc3)CC2)CC1.CC(C)C(=O)N1CCN(C(=O)C2CCC(CNC(=O)CC(NC(=O)OC(C)(C)C)c3ccccc3)CC2)CC1.O=S(=O)(O)O. The Morgan fingerprint density at radius 3 is 1.28 bits per heavy atom. The lowest BCUT2D eigenvalue weighted by molar-refractivity contribution is -0.144. The van der Waals surface area contributed by atoms with Crippen LogP contribution < -0.4 is 21.7 Å². The Morgan fingerprint density at radius 1 is 0.579 bits per heavy atom. The quantitative estimate of drug-likeness (QED) is 0.119. The predicted octanol–water partition coefficient (Wildman–Crippen LogP) is 5.57. The zero-order chi connectivity index (χ0) is 56.2. The highest BCUT2D eigenvalue weighted by Crippen LogP contribution is 2.32. The van der Waals surface area contributed by atoms with Gasteiger partial charge in [0.05, 0.1) is 12.5 Å². The molecule has 2 aromatic rings. The van der Waals surface area contributed by atoms with Crippen molar-refractivity contribution in [3.05, 3.63) is 71.8 Å². The molecular formula is C55H86N8O12S. The van der Waals surface area contributed by atoms with Gasteiger partial charge in [0, 0.05) is 102 Å². The third-order valence-corrected chi connectivity index (χ3v) is 14.3. The van der Waals surface area contributed by atoms with Crippen molar-refractivity contribution in [2.24, 2.45) is 41.2 Å². The van der Waals surface area contributed by atoms with E-state index in [4.69, 9.17) is 28.0 Å². The van der Waals surface area contributed by atoms with E-state index < -0.39 is 28.1 Å². The van der Waals surface area contributed by atoms with E-state index in [2.05, 4.69) is 16.0 Å². The molecule has 7 amide bonds. The number of benzene rings is 2. The van der Waals surface area contributed by atoms with Crippen molar-refractivity contribution in [3.63, 3.8) is 0 Å². The first-order valence-electron chi connectivity index (χ1n) is 27.0. The Morgan fingerprint density at radius 2 is 0.921 bits per heavy atom. The normalized spacial score (nSPS) is 20.9. The number of alkyl carbamates (subject to hydrolysis) is 1. The molecule has 20 nitrogen and oxygen atoms in total. The van der Waals surface area contributed by atoms with Gasteiger partial charge in [-0.05, 0) is 95.1 Å². The van der Waals surface area contributed by atoms with Gasteiger partial charge >= 0.3 is 16.5 Å². The third kappa shape index (κ3) is 22.5. The fourth-order valence-electron chi connectivity index (χ4n) is 10.0. The molecule has 2 unspecified atom stereocenters. The summed E-state index contributed by atoms with van der Waals surface area (Å²) in [6.45, 7) is 19.2. The number of nitrogens with zero attached hydrogens (tertiary/aromatic N) is 4. The molecule has 2 aliphatic carbocycles. The number of nitrogens with two attached hydrogens (primary N) is 1. The molecule has 2 aliphatic heterocycles. The van der Waals surface area contributed by atoms with Gasteiger partial charge in [0.25, 0.3) is 0 Å². The minimum atomic E-state index is -4.67. The van der Waals surface area contributed by atoms with Crippen LogP contribution in [0.1, 0.15) is 136 Å². The van der Waals surface area contributed by atoms with Crippen molar-refractivity contribution < 1.29 is 55.8 Å². The zero-order valence-electron chi connectivity index (χ0n) is 45.8. The second-order valence-corrected chi connectivity index (χ2v) is 23.0. The molecule has 76 heavy (non-hydrogen) atoms. The van der Waals surface area contributed by atoms with E-state index in [0.29, 0.717) is 77.3 Å². The van der Waals surface area contributed by atoms with Crippen LogP contribution in [0.4, 0.5) is 4.79 Å². The molecule has 2 heterocycles. The number of hydrogen-bond donors (Lipinski definition) is 6. The molecule has 2 saturated carbocycles. The molecule has 2 aromatic carbocycles. The van der Waals surface area contributed by atoms with Crippen LogP contribution in [-0.4, -0.2) is 150 Å². The molecule has 7 N–H and O–H groups in total. The average Bonchev–Trinajstić information content (AvgIpc) is 3.38. The lowest BCUT2D eigenvalue weighted by Gasteiger charge is -2.38. The second-order valence-electron chi connectivity index (χ2n) is 22.1. The molecule has 21 heteroatoms.